The SMILES string of the molecule is CC(C)(C)c1nnc(Nc2ccc(C(N)=O)cc2)[nH]c1=O. The Morgan fingerprint density at radius 1 is 1.19 bits per heavy atom. The zero-order valence-electron chi connectivity index (χ0n) is 12.1. The topological polar surface area (TPSA) is 114 Å². The number of nitrogens with two attached hydrogens (primary N) is 1. The number of amides is 1. The largest absolute Gasteiger partial charge is 0.366 e. The fourth-order valence-corrected chi connectivity index (χ4v) is 1.74. The van der Waals surface area contributed by atoms with Gasteiger partial charge < -0.3 is 11.1 Å². The van der Waals surface area contributed by atoms with E-state index in [4.69, 9.17) is 5.73 Å². The van der Waals surface area contributed by atoms with E-state index in [9.17, 15) is 9.59 Å². The first kappa shape index (κ1) is 14.7. The van der Waals surface area contributed by atoms with Crippen molar-refractivity contribution in [3.8, 4) is 0 Å². The fraction of sp³-hybridized carbons (Fsp3) is 0.286. The van der Waals surface area contributed by atoms with E-state index in [-0.39, 0.29) is 16.9 Å². The number of H-pyrrole nitrogens is 1. The number of hydrogen-bond donors (Lipinski definition) is 3. The van der Waals surface area contributed by atoms with E-state index in [2.05, 4.69) is 20.5 Å². The minimum atomic E-state index is -0.496. The molecule has 0 radical (unpaired) electrons. The van der Waals surface area contributed by atoms with Gasteiger partial charge >= 0.3 is 0 Å². The Hall–Kier alpha value is -2.70. The van der Waals surface area contributed by atoms with Gasteiger partial charge in [0.1, 0.15) is 5.69 Å². The van der Waals surface area contributed by atoms with E-state index in [1.807, 2.05) is 20.8 Å². The van der Waals surface area contributed by atoms with Crippen LogP contribution in [0.1, 0.15) is 36.8 Å². The molecule has 0 spiro atoms. The van der Waals surface area contributed by atoms with Crippen molar-refractivity contribution in [3.63, 3.8) is 0 Å². The third-order valence-electron chi connectivity index (χ3n) is 2.84. The smallest absolute Gasteiger partial charge is 0.274 e. The van der Waals surface area contributed by atoms with Crippen LogP contribution in [0.4, 0.5) is 11.6 Å². The Kier molecular flexibility index (Phi) is 3.75. The summed E-state index contributed by atoms with van der Waals surface area (Å²) >= 11 is 0. The second kappa shape index (κ2) is 5.35. The van der Waals surface area contributed by atoms with Gasteiger partial charge in [-0.15, -0.1) is 10.2 Å². The maximum Gasteiger partial charge on any atom is 0.274 e. The molecule has 0 aliphatic carbocycles. The lowest BCUT2D eigenvalue weighted by atomic mass is 9.93. The number of anilines is 2. The van der Waals surface area contributed by atoms with Gasteiger partial charge in [-0.2, -0.15) is 0 Å². The quantitative estimate of drug-likeness (QED) is 0.787. The fourth-order valence-electron chi connectivity index (χ4n) is 1.74. The Morgan fingerprint density at radius 3 is 2.29 bits per heavy atom. The van der Waals surface area contributed by atoms with Crippen molar-refractivity contribution in [1.82, 2.24) is 15.2 Å². The molecule has 0 atom stereocenters. The Morgan fingerprint density at radius 2 is 1.81 bits per heavy atom. The van der Waals surface area contributed by atoms with Crippen LogP contribution in [0.3, 0.4) is 0 Å². The summed E-state index contributed by atoms with van der Waals surface area (Å²) in [6, 6.07) is 6.50. The zero-order chi connectivity index (χ0) is 15.6. The summed E-state index contributed by atoms with van der Waals surface area (Å²) in [6.07, 6.45) is 0. The predicted octanol–water partition coefficient (Wildman–Crippen LogP) is 1.30. The van der Waals surface area contributed by atoms with Gasteiger partial charge in [-0.05, 0) is 24.3 Å². The lowest BCUT2D eigenvalue weighted by Crippen LogP contribution is -2.28. The lowest BCUT2D eigenvalue weighted by Gasteiger charge is -2.15. The molecule has 0 saturated carbocycles. The molecule has 0 saturated heterocycles. The predicted molar refractivity (Wildman–Crippen MR) is 79.6 cm³/mol. The van der Waals surface area contributed by atoms with E-state index in [1.54, 1.807) is 24.3 Å². The molecule has 1 aromatic carbocycles. The van der Waals surface area contributed by atoms with Crippen LogP contribution < -0.4 is 16.6 Å². The highest BCUT2D eigenvalue weighted by Gasteiger charge is 2.20. The lowest BCUT2D eigenvalue weighted by molar-refractivity contribution is 0.100. The van der Waals surface area contributed by atoms with Gasteiger partial charge in [-0.25, -0.2) is 0 Å². The average molecular weight is 287 g/mol. The van der Waals surface area contributed by atoms with Gasteiger partial charge in [-0.3, -0.25) is 14.6 Å². The maximum atomic E-state index is 12.0. The molecule has 4 N–H and O–H groups in total. The molecule has 110 valence electrons. The summed E-state index contributed by atoms with van der Waals surface area (Å²) < 4.78 is 0. The molecule has 21 heavy (non-hydrogen) atoms. The van der Waals surface area contributed by atoms with Crippen LogP contribution in [0, 0.1) is 0 Å². The third-order valence-corrected chi connectivity index (χ3v) is 2.84. The number of aromatic amines is 1. The Bertz CT molecular complexity index is 713. The first-order chi connectivity index (χ1) is 9.77. The second-order valence-electron chi connectivity index (χ2n) is 5.67. The molecule has 2 rings (SSSR count). The van der Waals surface area contributed by atoms with E-state index >= 15 is 0 Å². The van der Waals surface area contributed by atoms with Gasteiger partial charge in [0.25, 0.3) is 5.56 Å². The molecule has 7 heteroatoms. The van der Waals surface area contributed by atoms with E-state index in [1.165, 1.54) is 0 Å². The molecule has 0 unspecified atom stereocenters. The zero-order valence-corrected chi connectivity index (χ0v) is 12.1. The van der Waals surface area contributed by atoms with Crippen molar-refractivity contribution in [1.29, 1.82) is 0 Å². The number of nitrogens with zero attached hydrogens (tertiary/aromatic N) is 2. The van der Waals surface area contributed by atoms with Crippen LogP contribution in [0.2, 0.25) is 0 Å². The number of carbonyl (C=O) groups is 1. The molecule has 0 fully saturated rings. The van der Waals surface area contributed by atoms with Crippen LogP contribution in [-0.2, 0) is 5.41 Å². The highest BCUT2D eigenvalue weighted by Crippen LogP contribution is 2.16. The number of hydrogen-bond acceptors (Lipinski definition) is 5. The molecule has 1 heterocycles. The van der Waals surface area contributed by atoms with Gasteiger partial charge in [0.15, 0.2) is 0 Å². The van der Waals surface area contributed by atoms with Gasteiger partial charge in [0.05, 0.1) is 0 Å². The standard InChI is InChI=1S/C14H17N5O2/c1-14(2,3)10-12(21)17-13(19-18-10)16-9-6-4-8(5-7-9)11(15)20/h4-7H,1-3H3,(H2,15,20)(H2,16,17,19,21). The molecule has 0 aliphatic heterocycles. The third kappa shape index (κ3) is 3.44. The first-order valence-corrected chi connectivity index (χ1v) is 6.42. The van der Waals surface area contributed by atoms with Crippen molar-refractivity contribution in [2.24, 2.45) is 5.73 Å². The molecule has 1 aromatic heterocycles. The average Bonchev–Trinajstić information content (AvgIpc) is 2.37. The number of benzene rings is 1. The molecule has 7 nitrogen and oxygen atoms in total. The molecule has 2 aromatic rings. The van der Waals surface area contributed by atoms with Crippen molar-refractivity contribution in [3.05, 3.63) is 45.9 Å². The first-order valence-electron chi connectivity index (χ1n) is 6.42. The highest BCUT2D eigenvalue weighted by atomic mass is 16.1. The van der Waals surface area contributed by atoms with Crippen molar-refractivity contribution >= 4 is 17.5 Å². The number of rotatable bonds is 3. The Balaban J connectivity index is 2.22. The normalized spacial score (nSPS) is 11.2. The maximum absolute atomic E-state index is 12.0. The number of nitrogens with one attached hydrogen (secondary N) is 2. The van der Waals surface area contributed by atoms with Crippen LogP contribution >= 0.6 is 0 Å². The monoisotopic (exact) mass is 287 g/mol. The molecular weight excluding hydrogens is 270 g/mol. The summed E-state index contributed by atoms with van der Waals surface area (Å²) in [5.74, 6) is -0.260. The van der Waals surface area contributed by atoms with Crippen LogP contribution in [-0.4, -0.2) is 21.1 Å². The molecule has 0 aliphatic rings. The van der Waals surface area contributed by atoms with Gasteiger partial charge in [-0.1, -0.05) is 20.8 Å². The summed E-state index contributed by atoms with van der Waals surface area (Å²) in [7, 11) is 0. The summed E-state index contributed by atoms with van der Waals surface area (Å²) in [5, 5.41) is 10.8. The van der Waals surface area contributed by atoms with Gasteiger partial charge in [0.2, 0.25) is 11.9 Å². The van der Waals surface area contributed by atoms with Crippen molar-refractivity contribution in [2.75, 3.05) is 5.32 Å². The number of carbonyl (C=O) groups excluding carboxylic acids is 1. The summed E-state index contributed by atoms with van der Waals surface area (Å²) in [4.78, 5) is 25.6. The summed E-state index contributed by atoms with van der Waals surface area (Å²) in [5.41, 5.74) is 5.95. The summed E-state index contributed by atoms with van der Waals surface area (Å²) in [6.45, 7) is 5.67. The van der Waals surface area contributed by atoms with Crippen LogP contribution in [0.15, 0.2) is 29.1 Å². The van der Waals surface area contributed by atoms with Crippen molar-refractivity contribution in [2.45, 2.75) is 26.2 Å². The second-order valence-corrected chi connectivity index (χ2v) is 5.67. The Labute approximate surface area is 121 Å². The van der Waals surface area contributed by atoms with Crippen molar-refractivity contribution < 1.29 is 4.79 Å². The van der Waals surface area contributed by atoms with E-state index in [0.717, 1.165) is 0 Å². The number of aromatic nitrogens is 3. The minimum absolute atomic E-state index is 0.236. The highest BCUT2D eigenvalue weighted by molar-refractivity contribution is 5.93. The minimum Gasteiger partial charge on any atom is -0.366 e. The van der Waals surface area contributed by atoms with E-state index in [0.29, 0.717) is 16.9 Å². The van der Waals surface area contributed by atoms with Gasteiger partial charge in [0, 0.05) is 16.7 Å². The van der Waals surface area contributed by atoms with Crippen LogP contribution in [0.5, 0.6) is 0 Å². The van der Waals surface area contributed by atoms with E-state index < -0.39 is 5.91 Å². The molecule has 1 amide bonds. The molecular formula is C14H17N5O2. The number of primary amides is 1. The molecule has 0 bridgehead atoms. The van der Waals surface area contributed by atoms with Crippen LogP contribution in [0.25, 0.3) is 0 Å².